The van der Waals surface area contributed by atoms with Gasteiger partial charge in [0.25, 0.3) is 0 Å². The average molecular weight is 396 g/mol. The predicted molar refractivity (Wildman–Crippen MR) is 77.2 cm³/mol. The lowest BCUT2D eigenvalue weighted by Gasteiger charge is -2.12. The van der Waals surface area contributed by atoms with Crippen LogP contribution in [0.3, 0.4) is 0 Å². The molecular formula is C13H6ClF4N3O5. The lowest BCUT2D eigenvalue weighted by Crippen LogP contribution is -2.11. The van der Waals surface area contributed by atoms with Crippen LogP contribution < -0.4 is 4.74 Å². The Hall–Kier alpha value is -3.02. The third kappa shape index (κ3) is 3.96. The summed E-state index contributed by atoms with van der Waals surface area (Å²) in [5, 5.41) is 18.6. The van der Waals surface area contributed by atoms with E-state index in [4.69, 9.17) is 16.7 Å². The number of aromatic nitrogens is 2. The molecule has 0 aliphatic rings. The van der Waals surface area contributed by atoms with Crippen molar-refractivity contribution in [3.05, 3.63) is 45.1 Å². The number of halogens is 5. The van der Waals surface area contributed by atoms with Gasteiger partial charge in [-0.05, 0) is 0 Å². The van der Waals surface area contributed by atoms with Gasteiger partial charge in [0.15, 0.2) is 12.3 Å². The lowest BCUT2D eigenvalue weighted by molar-refractivity contribution is -0.385. The lowest BCUT2D eigenvalue weighted by atomic mass is 10.1. The van der Waals surface area contributed by atoms with Crippen LogP contribution in [0.4, 0.5) is 23.2 Å². The summed E-state index contributed by atoms with van der Waals surface area (Å²) < 4.78 is 57.4. The maximum absolute atomic E-state index is 14.3. The molecule has 1 aromatic heterocycles. The van der Waals surface area contributed by atoms with E-state index < -0.39 is 62.9 Å². The zero-order valence-electron chi connectivity index (χ0n) is 12.3. The smallest absolute Gasteiger partial charge is 0.434 e. The molecule has 26 heavy (non-hydrogen) atoms. The number of nitro groups is 1. The van der Waals surface area contributed by atoms with Crippen molar-refractivity contribution in [2.24, 2.45) is 0 Å². The molecule has 2 rings (SSSR count). The molecule has 0 saturated carbocycles. The second-order valence-electron chi connectivity index (χ2n) is 4.62. The summed E-state index contributed by atoms with van der Waals surface area (Å²) in [7, 11) is 0. The second-order valence-corrected chi connectivity index (χ2v) is 5.00. The summed E-state index contributed by atoms with van der Waals surface area (Å²) in [4.78, 5) is 27.0. The Balaban J connectivity index is 2.63. The molecule has 0 unspecified atom stereocenters. The van der Waals surface area contributed by atoms with Crippen LogP contribution in [-0.4, -0.2) is 32.6 Å². The standard InChI is InChI=1S/C13H6ClF4N3O5/c14-10-11(19-4-20-12(10)13(16,17)18)5-1-7(21(24)25)8(2-6(5)15)26-3-9(22)23/h1-2,4H,3H2,(H,22,23). The summed E-state index contributed by atoms with van der Waals surface area (Å²) >= 11 is 5.58. The fraction of sp³-hybridized carbons (Fsp3) is 0.154. The molecule has 8 nitrogen and oxygen atoms in total. The van der Waals surface area contributed by atoms with Crippen molar-refractivity contribution in [1.82, 2.24) is 9.97 Å². The molecule has 0 amide bonds. The monoisotopic (exact) mass is 395 g/mol. The molecular weight excluding hydrogens is 390 g/mol. The van der Waals surface area contributed by atoms with Crippen molar-refractivity contribution in [2.75, 3.05) is 6.61 Å². The van der Waals surface area contributed by atoms with E-state index in [0.717, 1.165) is 0 Å². The van der Waals surface area contributed by atoms with E-state index >= 15 is 0 Å². The Labute approximate surface area is 146 Å². The largest absolute Gasteiger partial charge is 0.479 e. The molecule has 0 atom stereocenters. The maximum atomic E-state index is 14.3. The highest BCUT2D eigenvalue weighted by molar-refractivity contribution is 6.33. The minimum atomic E-state index is -4.96. The Kier molecular flexibility index (Phi) is 5.25. The van der Waals surface area contributed by atoms with E-state index in [2.05, 4.69) is 14.7 Å². The molecule has 0 fully saturated rings. The summed E-state index contributed by atoms with van der Waals surface area (Å²) in [6, 6.07) is 1.00. The van der Waals surface area contributed by atoms with Gasteiger partial charge in [-0.15, -0.1) is 0 Å². The van der Waals surface area contributed by atoms with E-state index in [-0.39, 0.29) is 0 Å². The van der Waals surface area contributed by atoms with Crippen molar-refractivity contribution in [3.63, 3.8) is 0 Å². The van der Waals surface area contributed by atoms with Crippen LogP contribution in [-0.2, 0) is 11.0 Å². The SMILES string of the molecule is O=C(O)COc1cc(F)c(-c2ncnc(C(F)(F)F)c2Cl)cc1[N+](=O)[O-]. The van der Waals surface area contributed by atoms with E-state index in [1.807, 2.05) is 0 Å². The fourth-order valence-electron chi connectivity index (χ4n) is 1.88. The van der Waals surface area contributed by atoms with Crippen LogP contribution in [0.15, 0.2) is 18.5 Å². The molecule has 1 heterocycles. The van der Waals surface area contributed by atoms with Gasteiger partial charge in [0.2, 0.25) is 5.75 Å². The molecule has 13 heteroatoms. The number of ether oxygens (including phenoxy) is 1. The summed E-state index contributed by atoms with van der Waals surface area (Å²) in [5.41, 5.74) is -3.86. The van der Waals surface area contributed by atoms with Gasteiger partial charge in [0.05, 0.1) is 15.6 Å². The first-order valence-corrected chi connectivity index (χ1v) is 6.80. The first-order chi connectivity index (χ1) is 12.0. The highest BCUT2D eigenvalue weighted by Crippen LogP contribution is 2.40. The molecule has 0 saturated heterocycles. The van der Waals surface area contributed by atoms with E-state index in [1.165, 1.54) is 0 Å². The van der Waals surface area contributed by atoms with Crippen LogP contribution in [0.25, 0.3) is 11.3 Å². The van der Waals surface area contributed by atoms with Crippen molar-refractivity contribution in [2.45, 2.75) is 6.18 Å². The third-order valence-corrected chi connectivity index (χ3v) is 3.27. The Bertz CT molecular complexity index is 891. The van der Waals surface area contributed by atoms with Crippen molar-refractivity contribution in [3.8, 4) is 17.0 Å². The Morgan fingerprint density at radius 3 is 2.54 bits per heavy atom. The van der Waals surface area contributed by atoms with Gasteiger partial charge < -0.3 is 9.84 Å². The van der Waals surface area contributed by atoms with Gasteiger partial charge in [-0.2, -0.15) is 13.2 Å². The number of carboxylic acids is 1. The van der Waals surface area contributed by atoms with Gasteiger partial charge in [-0.1, -0.05) is 11.6 Å². The van der Waals surface area contributed by atoms with Crippen molar-refractivity contribution >= 4 is 23.3 Å². The maximum Gasteiger partial charge on any atom is 0.434 e. The quantitative estimate of drug-likeness (QED) is 0.469. The van der Waals surface area contributed by atoms with Gasteiger partial charge in [-0.25, -0.2) is 19.2 Å². The number of benzene rings is 1. The molecule has 0 radical (unpaired) electrons. The molecule has 1 N–H and O–H groups in total. The number of aliphatic carboxylic acids is 1. The number of rotatable bonds is 5. The molecule has 0 spiro atoms. The number of alkyl halides is 3. The first-order valence-electron chi connectivity index (χ1n) is 6.43. The molecule has 2 aromatic rings. The fourth-order valence-corrected chi connectivity index (χ4v) is 2.18. The number of carboxylic acid groups (broad SMARTS) is 1. The number of hydrogen-bond donors (Lipinski definition) is 1. The van der Waals surface area contributed by atoms with Crippen molar-refractivity contribution < 1.29 is 37.1 Å². The number of nitro benzene ring substituents is 1. The van der Waals surface area contributed by atoms with Crippen LogP contribution >= 0.6 is 11.6 Å². The minimum absolute atomic E-state index is 0.460. The van der Waals surface area contributed by atoms with E-state index in [9.17, 15) is 32.5 Å². The Morgan fingerprint density at radius 1 is 1.35 bits per heavy atom. The second kappa shape index (κ2) is 7.07. The molecule has 138 valence electrons. The predicted octanol–water partition coefficient (Wildman–Crippen LogP) is 3.33. The average Bonchev–Trinajstić information content (AvgIpc) is 2.52. The highest BCUT2D eigenvalue weighted by atomic mass is 35.5. The molecule has 0 aliphatic heterocycles. The van der Waals surface area contributed by atoms with Crippen LogP contribution in [0, 0.1) is 15.9 Å². The third-order valence-electron chi connectivity index (χ3n) is 2.91. The number of carbonyl (C=O) groups is 1. The topological polar surface area (TPSA) is 115 Å². The molecule has 0 bridgehead atoms. The zero-order chi connectivity index (χ0) is 19.6. The van der Waals surface area contributed by atoms with Crippen LogP contribution in [0.5, 0.6) is 5.75 Å². The first kappa shape index (κ1) is 19.3. The normalized spacial score (nSPS) is 11.3. The molecule has 0 aliphatic carbocycles. The van der Waals surface area contributed by atoms with Crippen LogP contribution in [0.2, 0.25) is 5.02 Å². The number of hydrogen-bond acceptors (Lipinski definition) is 6. The molecule has 1 aromatic carbocycles. The van der Waals surface area contributed by atoms with Gasteiger partial charge >= 0.3 is 17.8 Å². The highest BCUT2D eigenvalue weighted by Gasteiger charge is 2.37. The van der Waals surface area contributed by atoms with Gasteiger partial charge in [0.1, 0.15) is 12.1 Å². The van der Waals surface area contributed by atoms with Gasteiger partial charge in [-0.3, -0.25) is 10.1 Å². The van der Waals surface area contributed by atoms with Crippen molar-refractivity contribution in [1.29, 1.82) is 0 Å². The summed E-state index contributed by atoms with van der Waals surface area (Å²) in [5.74, 6) is -3.46. The van der Waals surface area contributed by atoms with E-state index in [0.29, 0.717) is 18.5 Å². The zero-order valence-corrected chi connectivity index (χ0v) is 13.0. The van der Waals surface area contributed by atoms with E-state index in [1.54, 1.807) is 0 Å². The summed E-state index contributed by atoms with van der Waals surface area (Å²) in [6.45, 7) is -0.994. The van der Waals surface area contributed by atoms with Gasteiger partial charge in [0, 0.05) is 17.7 Å². The Morgan fingerprint density at radius 2 is 2.00 bits per heavy atom. The van der Waals surface area contributed by atoms with Crippen LogP contribution in [0.1, 0.15) is 5.69 Å². The minimum Gasteiger partial charge on any atom is -0.479 e. The number of nitrogens with zero attached hydrogens (tertiary/aromatic N) is 3. The summed E-state index contributed by atoms with van der Waals surface area (Å²) in [6.07, 6.45) is -4.48.